The van der Waals surface area contributed by atoms with E-state index in [2.05, 4.69) is 0 Å². The van der Waals surface area contributed by atoms with Gasteiger partial charge in [0.15, 0.2) is 12.4 Å². The second kappa shape index (κ2) is 6.39. The van der Waals surface area contributed by atoms with Gasteiger partial charge in [-0.25, -0.2) is 0 Å². The van der Waals surface area contributed by atoms with E-state index in [0.717, 1.165) is 0 Å². The topological polar surface area (TPSA) is 72.9 Å². The number of anilines is 1. The molecule has 0 radical (unpaired) electrons. The average Bonchev–Trinajstić information content (AvgIpc) is 2.45. The zero-order chi connectivity index (χ0) is 15.4. The van der Waals surface area contributed by atoms with Crippen molar-refractivity contribution >= 4 is 23.3 Å². The van der Waals surface area contributed by atoms with Gasteiger partial charge in [-0.05, 0) is 32.0 Å². The highest BCUT2D eigenvalue weighted by Gasteiger charge is 2.26. The molecule has 0 bridgehead atoms. The van der Waals surface area contributed by atoms with Crippen LogP contribution in [-0.4, -0.2) is 37.4 Å². The standard InChI is InChI=1S/C15H17NO5/c1-3-20-15(19)6-7-16-12-8-11(10(2)17)4-5-13(12)21-9-14(16)18/h4-5,8H,3,6-7,9H2,1-2H3. The summed E-state index contributed by atoms with van der Waals surface area (Å²) >= 11 is 0. The van der Waals surface area contributed by atoms with Crippen LogP contribution in [0.25, 0.3) is 0 Å². The summed E-state index contributed by atoms with van der Waals surface area (Å²) < 4.78 is 10.2. The minimum absolute atomic E-state index is 0.0742. The highest BCUT2D eigenvalue weighted by atomic mass is 16.5. The summed E-state index contributed by atoms with van der Waals surface area (Å²) in [5, 5.41) is 0. The maximum absolute atomic E-state index is 12.0. The van der Waals surface area contributed by atoms with Crippen LogP contribution in [-0.2, 0) is 14.3 Å². The van der Waals surface area contributed by atoms with Gasteiger partial charge in [0.25, 0.3) is 5.91 Å². The minimum Gasteiger partial charge on any atom is -0.482 e. The Morgan fingerprint density at radius 2 is 2.14 bits per heavy atom. The fraction of sp³-hybridized carbons (Fsp3) is 0.400. The van der Waals surface area contributed by atoms with E-state index in [1.165, 1.54) is 11.8 Å². The van der Waals surface area contributed by atoms with Gasteiger partial charge in [0.05, 0.1) is 18.7 Å². The van der Waals surface area contributed by atoms with Crippen molar-refractivity contribution in [1.82, 2.24) is 0 Å². The Morgan fingerprint density at radius 1 is 1.38 bits per heavy atom. The molecule has 0 aromatic heterocycles. The number of Topliss-reactive ketones (excluding diaryl/α,β-unsaturated/α-hetero) is 1. The van der Waals surface area contributed by atoms with Crippen LogP contribution < -0.4 is 9.64 Å². The molecule has 0 spiro atoms. The number of carbonyl (C=O) groups is 3. The van der Waals surface area contributed by atoms with Gasteiger partial charge in [0.1, 0.15) is 5.75 Å². The summed E-state index contributed by atoms with van der Waals surface area (Å²) in [6.07, 6.45) is 0.101. The van der Waals surface area contributed by atoms with Crippen LogP contribution in [0.2, 0.25) is 0 Å². The lowest BCUT2D eigenvalue weighted by Gasteiger charge is -2.29. The van der Waals surface area contributed by atoms with Gasteiger partial charge < -0.3 is 14.4 Å². The summed E-state index contributed by atoms with van der Waals surface area (Å²) in [4.78, 5) is 36.3. The Balaban J connectivity index is 2.22. The molecule has 1 aliphatic rings. The molecule has 1 aromatic carbocycles. The molecule has 0 saturated carbocycles. The lowest BCUT2D eigenvalue weighted by molar-refractivity contribution is -0.142. The zero-order valence-electron chi connectivity index (χ0n) is 12.0. The van der Waals surface area contributed by atoms with E-state index in [1.54, 1.807) is 25.1 Å². The number of nitrogens with zero attached hydrogens (tertiary/aromatic N) is 1. The van der Waals surface area contributed by atoms with Crippen molar-refractivity contribution in [2.45, 2.75) is 20.3 Å². The number of esters is 1. The SMILES string of the molecule is CCOC(=O)CCN1C(=O)COc2ccc(C(C)=O)cc21. The summed E-state index contributed by atoms with van der Waals surface area (Å²) in [5.41, 5.74) is 1.01. The Kier molecular flexibility index (Phi) is 4.57. The third-order valence-electron chi connectivity index (χ3n) is 3.15. The molecule has 6 heteroatoms. The van der Waals surface area contributed by atoms with Crippen LogP contribution >= 0.6 is 0 Å². The first kappa shape index (κ1) is 15.0. The van der Waals surface area contributed by atoms with Gasteiger partial charge in [-0.3, -0.25) is 14.4 Å². The van der Waals surface area contributed by atoms with Crippen molar-refractivity contribution in [2.24, 2.45) is 0 Å². The first-order valence-electron chi connectivity index (χ1n) is 6.76. The molecule has 6 nitrogen and oxygen atoms in total. The average molecular weight is 291 g/mol. The van der Waals surface area contributed by atoms with Gasteiger partial charge in [0.2, 0.25) is 0 Å². The van der Waals surface area contributed by atoms with Gasteiger partial charge in [0, 0.05) is 12.1 Å². The van der Waals surface area contributed by atoms with Crippen LogP contribution in [0.1, 0.15) is 30.6 Å². The van der Waals surface area contributed by atoms with E-state index < -0.39 is 0 Å². The number of rotatable bonds is 5. The van der Waals surface area contributed by atoms with Gasteiger partial charge in [-0.1, -0.05) is 0 Å². The van der Waals surface area contributed by atoms with Crippen LogP contribution in [0.5, 0.6) is 5.75 Å². The van der Waals surface area contributed by atoms with Crippen molar-refractivity contribution < 1.29 is 23.9 Å². The van der Waals surface area contributed by atoms with Gasteiger partial charge >= 0.3 is 5.97 Å². The molecule has 1 aliphatic heterocycles. The largest absolute Gasteiger partial charge is 0.482 e. The predicted molar refractivity (Wildman–Crippen MR) is 75.5 cm³/mol. The Labute approximate surface area is 122 Å². The molecule has 21 heavy (non-hydrogen) atoms. The zero-order valence-corrected chi connectivity index (χ0v) is 12.0. The fourth-order valence-electron chi connectivity index (χ4n) is 2.10. The van der Waals surface area contributed by atoms with Crippen LogP contribution in [0.15, 0.2) is 18.2 Å². The maximum Gasteiger partial charge on any atom is 0.307 e. The van der Waals surface area contributed by atoms with Crippen molar-refractivity contribution in [3.63, 3.8) is 0 Å². The lowest BCUT2D eigenvalue weighted by atomic mass is 10.1. The number of benzene rings is 1. The number of amides is 1. The quantitative estimate of drug-likeness (QED) is 0.608. The molecule has 0 aliphatic carbocycles. The van der Waals surface area contributed by atoms with Gasteiger partial charge in [-0.15, -0.1) is 0 Å². The number of hydrogen-bond acceptors (Lipinski definition) is 5. The number of ketones is 1. The smallest absolute Gasteiger partial charge is 0.307 e. The highest BCUT2D eigenvalue weighted by Crippen LogP contribution is 2.33. The monoisotopic (exact) mass is 291 g/mol. The molecule has 112 valence electrons. The molecular formula is C15H17NO5. The number of ether oxygens (including phenoxy) is 2. The predicted octanol–water partition coefficient (Wildman–Crippen LogP) is 1.57. The Bertz CT molecular complexity index is 581. The van der Waals surface area contributed by atoms with Crippen molar-refractivity contribution in [1.29, 1.82) is 0 Å². The lowest BCUT2D eigenvalue weighted by Crippen LogP contribution is -2.40. The summed E-state index contributed by atoms with van der Waals surface area (Å²) in [7, 11) is 0. The van der Waals surface area contributed by atoms with E-state index in [9.17, 15) is 14.4 Å². The van der Waals surface area contributed by atoms with E-state index in [0.29, 0.717) is 23.6 Å². The van der Waals surface area contributed by atoms with Crippen molar-refractivity contribution in [3.8, 4) is 5.75 Å². The fourth-order valence-corrected chi connectivity index (χ4v) is 2.10. The van der Waals surface area contributed by atoms with Crippen molar-refractivity contribution in [2.75, 3.05) is 24.7 Å². The second-order valence-corrected chi connectivity index (χ2v) is 4.63. The van der Waals surface area contributed by atoms with Gasteiger partial charge in [-0.2, -0.15) is 0 Å². The third-order valence-corrected chi connectivity index (χ3v) is 3.15. The third kappa shape index (κ3) is 3.39. The first-order chi connectivity index (χ1) is 10.0. The van der Waals surface area contributed by atoms with E-state index in [-0.39, 0.29) is 37.2 Å². The number of carbonyl (C=O) groups excluding carboxylic acids is 3. The van der Waals surface area contributed by atoms with E-state index >= 15 is 0 Å². The molecule has 0 N–H and O–H groups in total. The molecule has 2 rings (SSSR count). The molecule has 0 unspecified atom stereocenters. The van der Waals surface area contributed by atoms with Crippen molar-refractivity contribution in [3.05, 3.63) is 23.8 Å². The minimum atomic E-state index is -0.360. The molecule has 0 atom stereocenters. The molecular weight excluding hydrogens is 274 g/mol. The van der Waals surface area contributed by atoms with E-state index in [1.807, 2.05) is 0 Å². The maximum atomic E-state index is 12.0. The molecule has 0 saturated heterocycles. The van der Waals surface area contributed by atoms with E-state index in [4.69, 9.17) is 9.47 Å². The highest BCUT2D eigenvalue weighted by molar-refractivity contribution is 6.01. The number of fused-ring (bicyclic) bond motifs is 1. The Hall–Kier alpha value is -2.37. The number of hydrogen-bond donors (Lipinski definition) is 0. The second-order valence-electron chi connectivity index (χ2n) is 4.63. The molecule has 1 heterocycles. The summed E-state index contributed by atoms with van der Waals surface area (Å²) in [6, 6.07) is 4.93. The normalized spacial score (nSPS) is 13.4. The molecule has 0 fully saturated rings. The summed E-state index contributed by atoms with van der Waals surface area (Å²) in [5.74, 6) is -0.168. The molecule has 1 aromatic rings. The van der Waals surface area contributed by atoms with Crippen LogP contribution in [0.4, 0.5) is 5.69 Å². The molecule has 1 amide bonds. The first-order valence-corrected chi connectivity index (χ1v) is 6.76. The summed E-state index contributed by atoms with van der Waals surface area (Å²) in [6.45, 7) is 3.62. The van der Waals surface area contributed by atoms with Crippen LogP contribution in [0, 0.1) is 0 Å². The Morgan fingerprint density at radius 3 is 2.81 bits per heavy atom. The van der Waals surface area contributed by atoms with Crippen LogP contribution in [0.3, 0.4) is 0 Å².